The molecular weight excluding hydrogens is 424 g/mol. The summed E-state index contributed by atoms with van der Waals surface area (Å²) in [7, 11) is 1.79. The van der Waals surface area contributed by atoms with E-state index in [-0.39, 0.29) is 23.0 Å². The molecule has 1 aromatic carbocycles. The Morgan fingerprint density at radius 1 is 1.30 bits per heavy atom. The number of ether oxygens (including phenoxy) is 1. The smallest absolute Gasteiger partial charge is 0.260 e. The van der Waals surface area contributed by atoms with Crippen LogP contribution in [0.4, 0.5) is 0 Å². The van der Waals surface area contributed by atoms with Crippen LogP contribution < -0.4 is 5.32 Å². The number of hydrogen-bond donors (Lipinski definition) is 1. The lowest BCUT2D eigenvalue weighted by Crippen LogP contribution is -2.57. The number of carbonyl (C=O) groups excluding carboxylic acids is 1. The van der Waals surface area contributed by atoms with Crippen LogP contribution in [0.3, 0.4) is 0 Å². The summed E-state index contributed by atoms with van der Waals surface area (Å²) in [5, 5.41) is 4.11. The van der Waals surface area contributed by atoms with E-state index in [9.17, 15) is 4.79 Å². The third-order valence-electron chi connectivity index (χ3n) is 6.72. The zero-order valence-corrected chi connectivity index (χ0v) is 18.8. The highest BCUT2D eigenvalue weighted by molar-refractivity contribution is 9.10. The standard InChI is InChI=1S/C21H27BrN2O2S/c1-19(2,3)24-17(25)21(23-18(24)27)16-11-14(22)6-5-13(16)12-20(21)9-7-15(26-4)8-10-20/h5-6,11,15H,7-10,12H2,1-4H3,(H,23,27). The van der Waals surface area contributed by atoms with Gasteiger partial charge in [0.05, 0.1) is 6.10 Å². The minimum atomic E-state index is -0.769. The minimum Gasteiger partial charge on any atom is -0.381 e. The predicted octanol–water partition coefficient (Wildman–Crippen LogP) is 4.29. The van der Waals surface area contributed by atoms with Crippen molar-refractivity contribution < 1.29 is 9.53 Å². The average Bonchev–Trinajstić information content (AvgIpc) is 3.02. The number of amides is 1. The molecular formula is C21H27BrN2O2S. The van der Waals surface area contributed by atoms with Gasteiger partial charge in [-0.3, -0.25) is 9.69 Å². The van der Waals surface area contributed by atoms with E-state index in [0.29, 0.717) is 5.11 Å². The Labute approximate surface area is 175 Å². The zero-order chi connectivity index (χ0) is 19.6. The molecule has 3 aliphatic rings. The molecule has 4 rings (SSSR count). The Bertz CT molecular complexity index is 811. The first-order valence-electron chi connectivity index (χ1n) is 9.63. The van der Waals surface area contributed by atoms with Crippen LogP contribution in [0.25, 0.3) is 0 Å². The van der Waals surface area contributed by atoms with Crippen LogP contribution in [0.1, 0.15) is 57.6 Å². The number of rotatable bonds is 1. The Morgan fingerprint density at radius 3 is 2.52 bits per heavy atom. The average molecular weight is 451 g/mol. The molecule has 1 aliphatic heterocycles. The SMILES string of the molecule is COC1CCC2(CC1)Cc1ccc(Br)cc1C21NC(=S)N(C(C)(C)C)C1=O. The summed E-state index contributed by atoms with van der Waals surface area (Å²) in [5.41, 5.74) is 1.06. The summed E-state index contributed by atoms with van der Waals surface area (Å²) >= 11 is 9.31. The number of nitrogens with one attached hydrogen (secondary N) is 1. The number of hydrogen-bond acceptors (Lipinski definition) is 3. The molecule has 4 nitrogen and oxygen atoms in total. The van der Waals surface area contributed by atoms with Crippen LogP contribution in [-0.4, -0.2) is 34.7 Å². The van der Waals surface area contributed by atoms with Gasteiger partial charge < -0.3 is 10.1 Å². The van der Waals surface area contributed by atoms with Crippen LogP contribution in [0.5, 0.6) is 0 Å². The Balaban J connectivity index is 1.88. The van der Waals surface area contributed by atoms with Crippen molar-refractivity contribution in [2.24, 2.45) is 5.41 Å². The second-order valence-electron chi connectivity index (χ2n) is 9.19. The molecule has 0 radical (unpaired) electrons. The fourth-order valence-electron chi connectivity index (χ4n) is 5.45. The highest BCUT2D eigenvalue weighted by atomic mass is 79.9. The van der Waals surface area contributed by atoms with Crippen molar-refractivity contribution in [2.75, 3.05) is 7.11 Å². The molecule has 2 spiro atoms. The quantitative estimate of drug-likeness (QED) is 0.647. The number of fused-ring (bicyclic) bond motifs is 3. The van der Waals surface area contributed by atoms with E-state index >= 15 is 0 Å². The van der Waals surface area contributed by atoms with Gasteiger partial charge in [0.15, 0.2) is 10.7 Å². The molecule has 1 N–H and O–H groups in total. The van der Waals surface area contributed by atoms with Gasteiger partial charge in [0.2, 0.25) is 0 Å². The van der Waals surface area contributed by atoms with E-state index in [2.05, 4.69) is 39.4 Å². The molecule has 1 saturated heterocycles. The van der Waals surface area contributed by atoms with Gasteiger partial charge in [0.1, 0.15) is 0 Å². The number of thiocarbonyl (C=S) groups is 1. The van der Waals surface area contributed by atoms with Crippen LogP contribution in [0.2, 0.25) is 0 Å². The molecule has 1 unspecified atom stereocenters. The first kappa shape index (κ1) is 19.3. The Kier molecular flexibility index (Phi) is 4.48. The zero-order valence-electron chi connectivity index (χ0n) is 16.4. The fourth-order valence-corrected chi connectivity index (χ4v) is 6.32. The second kappa shape index (κ2) is 6.26. The Morgan fingerprint density at radius 2 is 1.96 bits per heavy atom. The topological polar surface area (TPSA) is 41.6 Å². The molecule has 0 aromatic heterocycles. The summed E-state index contributed by atoms with van der Waals surface area (Å²) in [6, 6.07) is 6.36. The normalized spacial score (nSPS) is 33.1. The molecule has 1 saturated carbocycles. The Hall–Kier alpha value is -0.980. The van der Waals surface area contributed by atoms with E-state index in [4.69, 9.17) is 17.0 Å². The minimum absolute atomic E-state index is 0.104. The third-order valence-corrected chi connectivity index (χ3v) is 7.49. The maximum absolute atomic E-state index is 14.0. The second-order valence-corrected chi connectivity index (χ2v) is 10.5. The van der Waals surface area contributed by atoms with Crippen molar-refractivity contribution in [2.45, 2.75) is 70.1 Å². The van der Waals surface area contributed by atoms with Crippen LogP contribution in [0.15, 0.2) is 22.7 Å². The molecule has 1 amide bonds. The lowest BCUT2D eigenvalue weighted by Gasteiger charge is -2.47. The number of carbonyl (C=O) groups is 1. The van der Waals surface area contributed by atoms with Gasteiger partial charge in [-0.2, -0.15) is 0 Å². The summed E-state index contributed by atoms with van der Waals surface area (Å²) in [5.74, 6) is 0.104. The van der Waals surface area contributed by atoms with Crippen molar-refractivity contribution in [1.29, 1.82) is 0 Å². The van der Waals surface area contributed by atoms with Gasteiger partial charge in [-0.15, -0.1) is 0 Å². The van der Waals surface area contributed by atoms with Gasteiger partial charge in [0.25, 0.3) is 5.91 Å². The molecule has 27 heavy (non-hydrogen) atoms. The maximum Gasteiger partial charge on any atom is 0.260 e. The van der Waals surface area contributed by atoms with Crippen LogP contribution in [0, 0.1) is 5.41 Å². The molecule has 1 heterocycles. The summed E-state index contributed by atoms with van der Waals surface area (Å²) in [6.45, 7) is 6.13. The van der Waals surface area contributed by atoms with Crippen molar-refractivity contribution in [3.05, 3.63) is 33.8 Å². The highest BCUT2D eigenvalue weighted by Crippen LogP contribution is 2.60. The number of halogens is 1. The van der Waals surface area contributed by atoms with Gasteiger partial charge in [-0.05, 0) is 88.4 Å². The molecule has 1 atom stereocenters. The van der Waals surface area contributed by atoms with E-state index in [1.165, 1.54) is 5.56 Å². The van der Waals surface area contributed by atoms with Gasteiger partial charge in [-0.25, -0.2) is 0 Å². The van der Waals surface area contributed by atoms with Crippen molar-refractivity contribution >= 4 is 39.2 Å². The lowest BCUT2D eigenvalue weighted by molar-refractivity contribution is -0.141. The monoisotopic (exact) mass is 450 g/mol. The number of benzene rings is 1. The molecule has 0 bridgehead atoms. The van der Waals surface area contributed by atoms with Crippen molar-refractivity contribution in [1.82, 2.24) is 10.2 Å². The van der Waals surface area contributed by atoms with E-state index in [1.54, 1.807) is 12.0 Å². The number of methoxy groups -OCH3 is 1. The van der Waals surface area contributed by atoms with Crippen molar-refractivity contribution in [3.8, 4) is 0 Å². The maximum atomic E-state index is 14.0. The first-order chi connectivity index (χ1) is 12.6. The molecule has 6 heteroatoms. The van der Waals surface area contributed by atoms with Gasteiger partial charge in [-0.1, -0.05) is 22.0 Å². The van der Waals surface area contributed by atoms with E-state index < -0.39 is 5.54 Å². The number of nitrogens with zero attached hydrogens (tertiary/aromatic N) is 1. The lowest BCUT2D eigenvalue weighted by atomic mass is 9.61. The highest BCUT2D eigenvalue weighted by Gasteiger charge is 2.68. The summed E-state index contributed by atoms with van der Waals surface area (Å²) in [4.78, 5) is 15.8. The summed E-state index contributed by atoms with van der Waals surface area (Å²) in [6.07, 6.45) is 5.06. The molecule has 2 fully saturated rings. The van der Waals surface area contributed by atoms with E-state index in [1.807, 2.05) is 20.8 Å². The van der Waals surface area contributed by atoms with Gasteiger partial charge >= 0.3 is 0 Å². The molecule has 2 aliphatic carbocycles. The fraction of sp³-hybridized carbons (Fsp3) is 0.619. The van der Waals surface area contributed by atoms with Crippen LogP contribution in [-0.2, 0) is 21.5 Å². The third kappa shape index (κ3) is 2.63. The summed E-state index contributed by atoms with van der Waals surface area (Å²) < 4.78 is 6.61. The molecule has 146 valence electrons. The van der Waals surface area contributed by atoms with Crippen molar-refractivity contribution in [3.63, 3.8) is 0 Å². The van der Waals surface area contributed by atoms with E-state index in [0.717, 1.165) is 42.1 Å². The van der Waals surface area contributed by atoms with Crippen LogP contribution >= 0.6 is 28.1 Å². The molecule has 1 aromatic rings. The largest absolute Gasteiger partial charge is 0.381 e. The predicted molar refractivity (Wildman–Crippen MR) is 114 cm³/mol. The van der Waals surface area contributed by atoms with Gasteiger partial charge in [0, 0.05) is 22.5 Å². The first-order valence-corrected chi connectivity index (χ1v) is 10.8.